The molecule has 2 aromatic carbocycles. The zero-order chi connectivity index (χ0) is 14.7. The van der Waals surface area contributed by atoms with Crippen molar-refractivity contribution >= 4 is 34.8 Å². The summed E-state index contributed by atoms with van der Waals surface area (Å²) in [6.07, 6.45) is 0. The second-order valence-electron chi connectivity index (χ2n) is 4.24. The Morgan fingerprint density at radius 1 is 1.10 bits per heavy atom. The highest BCUT2D eigenvalue weighted by molar-refractivity contribution is 6.40. The van der Waals surface area contributed by atoms with Gasteiger partial charge in [-0.15, -0.1) is 0 Å². The summed E-state index contributed by atoms with van der Waals surface area (Å²) in [5.41, 5.74) is 2.56. The van der Waals surface area contributed by atoms with E-state index in [2.05, 4.69) is 6.07 Å². The zero-order valence-corrected chi connectivity index (χ0v) is 12.9. The standard InChI is InChI=1S/C15H10Cl3NO/c1-9-4-10(7-19)2-3-11(9)8-20-15-13(17)5-12(16)6-14(15)18/h2-6H,8H2,1H3. The van der Waals surface area contributed by atoms with Crippen molar-refractivity contribution in [2.45, 2.75) is 13.5 Å². The lowest BCUT2D eigenvalue weighted by Gasteiger charge is -2.12. The molecular weight excluding hydrogens is 317 g/mol. The van der Waals surface area contributed by atoms with Gasteiger partial charge in [0, 0.05) is 5.02 Å². The number of rotatable bonds is 3. The fourth-order valence-corrected chi connectivity index (χ4v) is 2.67. The van der Waals surface area contributed by atoms with E-state index in [9.17, 15) is 0 Å². The first-order valence-electron chi connectivity index (χ1n) is 5.78. The van der Waals surface area contributed by atoms with Crippen LogP contribution in [-0.2, 0) is 6.61 Å². The van der Waals surface area contributed by atoms with Gasteiger partial charge in [0.1, 0.15) is 6.61 Å². The van der Waals surface area contributed by atoms with Crippen LogP contribution in [0.4, 0.5) is 0 Å². The Morgan fingerprint density at radius 3 is 2.30 bits per heavy atom. The predicted molar refractivity (Wildman–Crippen MR) is 81.7 cm³/mol. The van der Waals surface area contributed by atoms with Gasteiger partial charge >= 0.3 is 0 Å². The van der Waals surface area contributed by atoms with Crippen molar-refractivity contribution < 1.29 is 4.74 Å². The SMILES string of the molecule is Cc1cc(C#N)ccc1COc1c(Cl)cc(Cl)cc1Cl. The second-order valence-corrected chi connectivity index (χ2v) is 5.49. The molecule has 0 amide bonds. The molecule has 0 aromatic heterocycles. The number of halogens is 3. The van der Waals surface area contributed by atoms with E-state index in [-0.39, 0.29) is 0 Å². The minimum Gasteiger partial charge on any atom is -0.486 e. The summed E-state index contributed by atoms with van der Waals surface area (Å²) >= 11 is 17.9. The molecule has 0 aliphatic heterocycles. The Morgan fingerprint density at radius 2 is 1.75 bits per heavy atom. The maximum atomic E-state index is 8.83. The lowest BCUT2D eigenvalue weighted by Crippen LogP contribution is -1.99. The molecule has 2 aromatic rings. The first kappa shape index (κ1) is 15.0. The number of nitriles is 1. The van der Waals surface area contributed by atoms with Gasteiger partial charge in [0.2, 0.25) is 0 Å². The molecular formula is C15H10Cl3NO. The Labute approximate surface area is 132 Å². The van der Waals surface area contributed by atoms with E-state index in [0.717, 1.165) is 11.1 Å². The molecule has 0 fully saturated rings. The number of ether oxygens (including phenoxy) is 1. The van der Waals surface area contributed by atoms with Crippen LogP contribution in [0.1, 0.15) is 16.7 Å². The van der Waals surface area contributed by atoms with Gasteiger partial charge < -0.3 is 4.74 Å². The number of hydrogen-bond acceptors (Lipinski definition) is 2. The largest absolute Gasteiger partial charge is 0.486 e. The minimum absolute atomic E-state index is 0.318. The van der Waals surface area contributed by atoms with Gasteiger partial charge in [0.05, 0.1) is 21.7 Å². The number of aryl methyl sites for hydroxylation is 1. The summed E-state index contributed by atoms with van der Waals surface area (Å²) in [5, 5.41) is 10.0. The molecule has 0 aliphatic rings. The Bertz CT molecular complexity index is 669. The van der Waals surface area contributed by atoms with Gasteiger partial charge in [-0.3, -0.25) is 0 Å². The van der Waals surface area contributed by atoms with E-state index < -0.39 is 0 Å². The van der Waals surface area contributed by atoms with Crippen molar-refractivity contribution in [1.82, 2.24) is 0 Å². The average molecular weight is 327 g/mol. The minimum atomic E-state index is 0.318. The van der Waals surface area contributed by atoms with Crippen LogP contribution >= 0.6 is 34.8 Å². The second kappa shape index (κ2) is 6.37. The normalized spacial score (nSPS) is 10.2. The van der Waals surface area contributed by atoms with Crippen molar-refractivity contribution in [2.75, 3.05) is 0 Å². The van der Waals surface area contributed by atoms with Crippen molar-refractivity contribution in [2.24, 2.45) is 0 Å². The van der Waals surface area contributed by atoms with Crippen LogP contribution < -0.4 is 4.74 Å². The van der Waals surface area contributed by atoms with Crippen molar-refractivity contribution in [1.29, 1.82) is 5.26 Å². The van der Waals surface area contributed by atoms with Crippen molar-refractivity contribution in [3.05, 3.63) is 62.1 Å². The monoisotopic (exact) mass is 325 g/mol. The molecule has 2 nitrogen and oxygen atoms in total. The van der Waals surface area contributed by atoms with Crippen LogP contribution in [-0.4, -0.2) is 0 Å². The molecule has 0 aliphatic carbocycles. The number of benzene rings is 2. The van der Waals surface area contributed by atoms with Crippen LogP contribution in [0.2, 0.25) is 15.1 Å². The molecule has 0 heterocycles. The Balaban J connectivity index is 2.20. The zero-order valence-electron chi connectivity index (χ0n) is 10.6. The summed E-state index contributed by atoms with van der Waals surface area (Å²) in [5.74, 6) is 0.404. The molecule has 0 unspecified atom stereocenters. The summed E-state index contributed by atoms with van der Waals surface area (Å²) in [4.78, 5) is 0. The van der Waals surface area contributed by atoms with Crippen LogP contribution in [0, 0.1) is 18.3 Å². The molecule has 102 valence electrons. The Kier molecular flexibility index (Phi) is 4.77. The molecule has 0 N–H and O–H groups in total. The maximum absolute atomic E-state index is 8.83. The molecule has 2 rings (SSSR count). The first-order valence-corrected chi connectivity index (χ1v) is 6.91. The van der Waals surface area contributed by atoms with E-state index in [1.165, 1.54) is 0 Å². The fraction of sp³-hybridized carbons (Fsp3) is 0.133. The number of hydrogen-bond donors (Lipinski definition) is 0. The van der Waals surface area contributed by atoms with E-state index in [0.29, 0.717) is 33.0 Å². The lowest BCUT2D eigenvalue weighted by atomic mass is 10.1. The van der Waals surface area contributed by atoms with Gasteiger partial charge in [0.25, 0.3) is 0 Å². The van der Waals surface area contributed by atoms with Crippen LogP contribution in [0.5, 0.6) is 5.75 Å². The van der Waals surface area contributed by atoms with Gasteiger partial charge in [-0.1, -0.05) is 40.9 Å². The van der Waals surface area contributed by atoms with Crippen molar-refractivity contribution in [3.8, 4) is 11.8 Å². The number of nitrogens with zero attached hydrogens (tertiary/aromatic N) is 1. The highest BCUT2D eigenvalue weighted by Gasteiger charge is 2.10. The maximum Gasteiger partial charge on any atom is 0.157 e. The Hall–Kier alpha value is -1.40. The molecule has 0 atom stereocenters. The summed E-state index contributed by atoms with van der Waals surface area (Å²) in [7, 11) is 0. The first-order chi connectivity index (χ1) is 9.51. The highest BCUT2D eigenvalue weighted by atomic mass is 35.5. The topological polar surface area (TPSA) is 33.0 Å². The van der Waals surface area contributed by atoms with Gasteiger partial charge in [-0.2, -0.15) is 5.26 Å². The fourth-order valence-electron chi connectivity index (χ4n) is 1.74. The van der Waals surface area contributed by atoms with E-state index in [4.69, 9.17) is 44.8 Å². The predicted octanol–water partition coefficient (Wildman–Crippen LogP) is 5.41. The summed E-state index contributed by atoms with van der Waals surface area (Å²) in [6, 6.07) is 10.7. The molecule has 5 heteroatoms. The smallest absolute Gasteiger partial charge is 0.157 e. The molecule has 0 bridgehead atoms. The quantitative estimate of drug-likeness (QED) is 0.756. The summed E-state index contributed by atoms with van der Waals surface area (Å²) < 4.78 is 5.66. The van der Waals surface area contributed by atoms with Crippen LogP contribution in [0.3, 0.4) is 0 Å². The molecule has 0 spiro atoms. The third-order valence-electron chi connectivity index (χ3n) is 2.81. The third-order valence-corrected chi connectivity index (χ3v) is 3.59. The summed E-state index contributed by atoms with van der Waals surface area (Å²) in [6.45, 7) is 2.24. The van der Waals surface area contributed by atoms with Gasteiger partial charge in [0.15, 0.2) is 5.75 Å². The lowest BCUT2D eigenvalue weighted by molar-refractivity contribution is 0.306. The van der Waals surface area contributed by atoms with Crippen LogP contribution in [0.25, 0.3) is 0 Å². The molecule has 0 saturated carbocycles. The van der Waals surface area contributed by atoms with E-state index in [1.807, 2.05) is 19.1 Å². The van der Waals surface area contributed by atoms with Crippen molar-refractivity contribution in [3.63, 3.8) is 0 Å². The van der Waals surface area contributed by atoms with Crippen LogP contribution in [0.15, 0.2) is 30.3 Å². The third kappa shape index (κ3) is 3.37. The molecule has 0 saturated heterocycles. The van der Waals surface area contributed by atoms with E-state index >= 15 is 0 Å². The highest BCUT2D eigenvalue weighted by Crippen LogP contribution is 2.36. The van der Waals surface area contributed by atoms with Gasteiger partial charge in [-0.05, 0) is 42.3 Å². The molecule has 0 radical (unpaired) electrons. The van der Waals surface area contributed by atoms with E-state index in [1.54, 1.807) is 18.2 Å². The molecule has 20 heavy (non-hydrogen) atoms. The average Bonchev–Trinajstić information content (AvgIpc) is 2.39. The van der Waals surface area contributed by atoms with Gasteiger partial charge in [-0.25, -0.2) is 0 Å².